The third-order valence-electron chi connectivity index (χ3n) is 3.24. The summed E-state index contributed by atoms with van der Waals surface area (Å²) in [6, 6.07) is 12.3. The molecule has 0 radical (unpaired) electrons. The zero-order valence-electron chi connectivity index (χ0n) is 11.6. The molecular weight excluding hydrogens is 248 g/mol. The first kappa shape index (κ1) is 12.7. The van der Waals surface area contributed by atoms with Gasteiger partial charge in [0.05, 0.1) is 12.1 Å². The Morgan fingerprint density at radius 2 is 2.10 bits per heavy atom. The highest BCUT2D eigenvalue weighted by molar-refractivity contribution is 5.81. The lowest BCUT2D eigenvalue weighted by Gasteiger charge is -2.12. The van der Waals surface area contributed by atoms with E-state index in [-0.39, 0.29) is 0 Å². The molecule has 20 heavy (non-hydrogen) atoms. The molecule has 0 bridgehead atoms. The van der Waals surface area contributed by atoms with E-state index < -0.39 is 0 Å². The van der Waals surface area contributed by atoms with Gasteiger partial charge in [-0.1, -0.05) is 25.1 Å². The van der Waals surface area contributed by atoms with Crippen LogP contribution in [0.3, 0.4) is 0 Å². The molecule has 4 nitrogen and oxygen atoms in total. The monoisotopic (exact) mass is 266 g/mol. The highest BCUT2D eigenvalue weighted by atomic mass is 15.3. The molecule has 0 spiro atoms. The Balaban J connectivity index is 2.01. The average molecular weight is 266 g/mol. The van der Waals surface area contributed by atoms with Crippen molar-refractivity contribution in [3.8, 4) is 0 Å². The van der Waals surface area contributed by atoms with E-state index in [1.165, 1.54) is 5.56 Å². The quantitative estimate of drug-likeness (QED) is 0.770. The summed E-state index contributed by atoms with van der Waals surface area (Å²) in [5, 5.41) is 8.85. The number of nitrogens with zero attached hydrogens (tertiary/aromatic N) is 3. The zero-order chi connectivity index (χ0) is 13.8. The van der Waals surface area contributed by atoms with E-state index in [4.69, 9.17) is 4.98 Å². The maximum Gasteiger partial charge on any atom is 0.131 e. The van der Waals surface area contributed by atoms with Crippen LogP contribution in [0.15, 0.2) is 48.8 Å². The molecule has 0 aliphatic carbocycles. The van der Waals surface area contributed by atoms with Crippen LogP contribution in [0, 0.1) is 0 Å². The van der Waals surface area contributed by atoms with Gasteiger partial charge in [0, 0.05) is 29.9 Å². The normalized spacial score (nSPS) is 10.8. The molecule has 0 saturated heterocycles. The second-order valence-corrected chi connectivity index (χ2v) is 4.82. The van der Waals surface area contributed by atoms with Gasteiger partial charge >= 0.3 is 0 Å². The van der Waals surface area contributed by atoms with Gasteiger partial charge in [0.15, 0.2) is 0 Å². The number of benzene rings is 1. The largest absolute Gasteiger partial charge is 0.370 e. The number of aromatic nitrogens is 3. The van der Waals surface area contributed by atoms with Crippen molar-refractivity contribution >= 4 is 16.7 Å². The van der Waals surface area contributed by atoms with E-state index in [1.54, 1.807) is 6.20 Å². The van der Waals surface area contributed by atoms with Crippen LogP contribution in [0.1, 0.15) is 18.9 Å². The van der Waals surface area contributed by atoms with Gasteiger partial charge in [-0.15, -0.1) is 0 Å². The maximum atomic E-state index is 4.74. The van der Waals surface area contributed by atoms with Crippen molar-refractivity contribution < 1.29 is 0 Å². The van der Waals surface area contributed by atoms with Crippen molar-refractivity contribution in [2.24, 2.45) is 0 Å². The first-order chi connectivity index (χ1) is 9.86. The van der Waals surface area contributed by atoms with Crippen LogP contribution >= 0.6 is 0 Å². The lowest BCUT2D eigenvalue weighted by Crippen LogP contribution is -2.09. The fraction of sp³-hybridized carbons (Fsp3) is 0.250. The molecule has 1 N–H and O–H groups in total. The Labute approximate surface area is 118 Å². The molecule has 1 aromatic carbocycles. The van der Waals surface area contributed by atoms with Crippen molar-refractivity contribution in [2.75, 3.05) is 11.9 Å². The van der Waals surface area contributed by atoms with Gasteiger partial charge in [0.1, 0.15) is 5.82 Å². The second-order valence-electron chi connectivity index (χ2n) is 4.82. The predicted molar refractivity (Wildman–Crippen MR) is 81.9 cm³/mol. The molecule has 0 atom stereocenters. The maximum absolute atomic E-state index is 4.74. The van der Waals surface area contributed by atoms with Gasteiger partial charge < -0.3 is 5.32 Å². The van der Waals surface area contributed by atoms with E-state index >= 15 is 0 Å². The zero-order valence-corrected chi connectivity index (χ0v) is 11.6. The van der Waals surface area contributed by atoms with Gasteiger partial charge in [-0.25, -0.2) is 4.98 Å². The minimum atomic E-state index is 0.733. The van der Waals surface area contributed by atoms with Crippen molar-refractivity contribution in [2.45, 2.75) is 19.9 Å². The summed E-state index contributed by atoms with van der Waals surface area (Å²) in [6.45, 7) is 3.82. The topological polar surface area (TPSA) is 42.7 Å². The molecule has 2 aromatic heterocycles. The Hall–Kier alpha value is -2.36. The minimum absolute atomic E-state index is 0.733. The summed E-state index contributed by atoms with van der Waals surface area (Å²) in [6.07, 6.45) is 4.85. The summed E-state index contributed by atoms with van der Waals surface area (Å²) in [7, 11) is 0. The fourth-order valence-electron chi connectivity index (χ4n) is 2.25. The second kappa shape index (κ2) is 5.74. The first-order valence-electron chi connectivity index (χ1n) is 6.97. The SMILES string of the molecule is CCCNc1nc2ccccc2cc1Cn1cccn1. The summed E-state index contributed by atoms with van der Waals surface area (Å²) in [5.41, 5.74) is 2.19. The highest BCUT2D eigenvalue weighted by Gasteiger charge is 2.07. The molecule has 4 heteroatoms. The molecule has 3 aromatic rings. The van der Waals surface area contributed by atoms with E-state index in [1.807, 2.05) is 35.1 Å². The molecule has 102 valence electrons. The van der Waals surface area contributed by atoms with Crippen LogP contribution in [0.2, 0.25) is 0 Å². The molecule has 0 aliphatic heterocycles. The third kappa shape index (κ3) is 2.64. The minimum Gasteiger partial charge on any atom is -0.370 e. The molecule has 0 unspecified atom stereocenters. The molecule has 0 saturated carbocycles. The van der Waals surface area contributed by atoms with Crippen LogP contribution in [-0.2, 0) is 6.54 Å². The van der Waals surface area contributed by atoms with Crippen molar-refractivity contribution in [1.29, 1.82) is 0 Å². The Morgan fingerprint density at radius 1 is 1.20 bits per heavy atom. The Kier molecular flexibility index (Phi) is 3.63. The number of fused-ring (bicyclic) bond motifs is 1. The summed E-state index contributed by atoms with van der Waals surface area (Å²) in [4.78, 5) is 4.74. The van der Waals surface area contributed by atoms with Crippen LogP contribution < -0.4 is 5.32 Å². The summed E-state index contributed by atoms with van der Waals surface area (Å²) >= 11 is 0. The van der Waals surface area contributed by atoms with Crippen molar-refractivity contribution in [3.05, 3.63) is 54.4 Å². The summed E-state index contributed by atoms with van der Waals surface area (Å²) in [5.74, 6) is 0.959. The number of anilines is 1. The smallest absolute Gasteiger partial charge is 0.131 e. The number of hydrogen-bond donors (Lipinski definition) is 1. The molecule has 0 fully saturated rings. The van der Waals surface area contributed by atoms with Crippen LogP contribution in [-0.4, -0.2) is 21.3 Å². The van der Waals surface area contributed by atoms with Crippen LogP contribution in [0.4, 0.5) is 5.82 Å². The van der Waals surface area contributed by atoms with Gasteiger partial charge in [-0.2, -0.15) is 5.10 Å². The van der Waals surface area contributed by atoms with Crippen LogP contribution in [0.5, 0.6) is 0 Å². The standard InChI is InChI=1S/C16H18N4/c1-2-8-17-16-14(12-20-10-5-9-18-20)11-13-6-3-4-7-15(13)19-16/h3-7,9-11H,2,8,12H2,1H3,(H,17,19). The van der Waals surface area contributed by atoms with Crippen LogP contribution in [0.25, 0.3) is 10.9 Å². The van der Waals surface area contributed by atoms with E-state index in [0.29, 0.717) is 0 Å². The lowest BCUT2D eigenvalue weighted by molar-refractivity contribution is 0.686. The van der Waals surface area contributed by atoms with Gasteiger partial charge in [0.2, 0.25) is 0 Å². The number of pyridine rings is 1. The first-order valence-corrected chi connectivity index (χ1v) is 6.97. The molecule has 0 amide bonds. The Morgan fingerprint density at radius 3 is 2.90 bits per heavy atom. The van der Waals surface area contributed by atoms with E-state index in [2.05, 4.69) is 29.5 Å². The van der Waals surface area contributed by atoms with Gasteiger partial charge in [-0.05, 0) is 24.6 Å². The molecule has 0 aliphatic rings. The van der Waals surface area contributed by atoms with Crippen molar-refractivity contribution in [1.82, 2.24) is 14.8 Å². The third-order valence-corrected chi connectivity index (χ3v) is 3.24. The molecule has 2 heterocycles. The number of para-hydroxylation sites is 1. The fourth-order valence-corrected chi connectivity index (χ4v) is 2.25. The van der Waals surface area contributed by atoms with Gasteiger partial charge in [0.25, 0.3) is 0 Å². The number of hydrogen-bond acceptors (Lipinski definition) is 3. The molecule has 3 rings (SSSR count). The van der Waals surface area contributed by atoms with E-state index in [9.17, 15) is 0 Å². The van der Waals surface area contributed by atoms with Gasteiger partial charge in [-0.3, -0.25) is 4.68 Å². The Bertz CT molecular complexity index is 689. The highest BCUT2D eigenvalue weighted by Crippen LogP contribution is 2.21. The lowest BCUT2D eigenvalue weighted by atomic mass is 10.1. The summed E-state index contributed by atoms with van der Waals surface area (Å²) < 4.78 is 1.92. The average Bonchev–Trinajstić information content (AvgIpc) is 2.98. The predicted octanol–water partition coefficient (Wildman–Crippen LogP) is 3.30. The molecular formula is C16H18N4. The number of rotatable bonds is 5. The number of nitrogens with one attached hydrogen (secondary N) is 1. The van der Waals surface area contributed by atoms with Crippen molar-refractivity contribution in [3.63, 3.8) is 0 Å². The van der Waals surface area contributed by atoms with E-state index in [0.717, 1.165) is 36.2 Å².